The van der Waals surface area contributed by atoms with Gasteiger partial charge >= 0.3 is 0 Å². The summed E-state index contributed by atoms with van der Waals surface area (Å²) in [6, 6.07) is 5.04. The van der Waals surface area contributed by atoms with Crippen molar-refractivity contribution in [1.29, 1.82) is 0 Å². The van der Waals surface area contributed by atoms with Gasteiger partial charge in [-0.15, -0.1) is 0 Å². The first-order chi connectivity index (χ1) is 9.27. The van der Waals surface area contributed by atoms with Gasteiger partial charge in [-0.05, 0) is 26.3 Å². The Kier molecular flexibility index (Phi) is 4.09. The third-order valence-electron chi connectivity index (χ3n) is 3.53. The van der Waals surface area contributed by atoms with Gasteiger partial charge in [0.15, 0.2) is 0 Å². The van der Waals surface area contributed by atoms with Gasteiger partial charge in [-0.1, -0.05) is 29.3 Å². The van der Waals surface area contributed by atoms with E-state index < -0.39 is 24.9 Å². The lowest BCUT2D eigenvalue weighted by Gasteiger charge is -2.18. The number of halogens is 2. The average molecular weight is 282 g/mol. The van der Waals surface area contributed by atoms with Gasteiger partial charge in [0.2, 0.25) is 5.91 Å². The van der Waals surface area contributed by atoms with Crippen LogP contribution in [-0.4, -0.2) is 24.4 Å². The van der Waals surface area contributed by atoms with E-state index in [-0.39, 0.29) is 11.9 Å². The number of alkyl halides is 2. The van der Waals surface area contributed by atoms with Gasteiger partial charge in [-0.3, -0.25) is 10.1 Å². The molecule has 0 bridgehead atoms. The topological polar surface area (TPSA) is 41.1 Å². The van der Waals surface area contributed by atoms with E-state index in [1.807, 2.05) is 32.9 Å². The van der Waals surface area contributed by atoms with Crippen LogP contribution >= 0.6 is 0 Å². The summed E-state index contributed by atoms with van der Waals surface area (Å²) in [5.74, 6) is -3.15. The Labute approximate surface area is 117 Å². The molecule has 1 aliphatic heterocycles. The lowest BCUT2D eigenvalue weighted by Crippen LogP contribution is -2.41. The van der Waals surface area contributed by atoms with Gasteiger partial charge in [0.25, 0.3) is 5.92 Å². The summed E-state index contributed by atoms with van der Waals surface area (Å²) in [6.07, 6.45) is -0.432. The van der Waals surface area contributed by atoms with Crippen LogP contribution < -0.4 is 10.6 Å². The molecule has 0 radical (unpaired) electrons. The van der Waals surface area contributed by atoms with Gasteiger partial charge in [0.05, 0.1) is 18.6 Å². The molecule has 2 N–H and O–H groups in total. The highest BCUT2D eigenvalue weighted by molar-refractivity contribution is 5.82. The molecular formula is C15H20F2N2O. The Morgan fingerprint density at radius 2 is 1.95 bits per heavy atom. The van der Waals surface area contributed by atoms with Crippen LogP contribution in [0.15, 0.2) is 18.2 Å². The second-order valence-corrected chi connectivity index (χ2v) is 5.64. The molecule has 1 fully saturated rings. The molecule has 1 heterocycles. The maximum atomic E-state index is 13.1. The van der Waals surface area contributed by atoms with Crippen molar-refractivity contribution in [3.8, 4) is 0 Å². The van der Waals surface area contributed by atoms with Crippen LogP contribution in [0, 0.1) is 13.8 Å². The molecule has 1 amide bonds. The number of hydrogen-bond acceptors (Lipinski definition) is 2. The Balaban J connectivity index is 2.01. The molecule has 0 spiro atoms. The Hall–Kier alpha value is -1.49. The number of benzene rings is 1. The zero-order chi connectivity index (χ0) is 14.9. The molecule has 5 heteroatoms. The number of amides is 1. The number of nitrogens with one attached hydrogen (secondary N) is 2. The van der Waals surface area contributed by atoms with Crippen LogP contribution in [0.2, 0.25) is 0 Å². The SMILES string of the molecule is Cc1cc(C)cc(C(C)NC(=O)C2CC(F)(F)CN2)c1. The van der Waals surface area contributed by atoms with E-state index in [9.17, 15) is 13.6 Å². The summed E-state index contributed by atoms with van der Waals surface area (Å²) >= 11 is 0. The molecule has 20 heavy (non-hydrogen) atoms. The fraction of sp³-hybridized carbons (Fsp3) is 0.533. The maximum absolute atomic E-state index is 13.1. The smallest absolute Gasteiger partial charge is 0.262 e. The Morgan fingerprint density at radius 3 is 2.45 bits per heavy atom. The number of hydrogen-bond donors (Lipinski definition) is 2. The fourth-order valence-electron chi connectivity index (χ4n) is 2.56. The van der Waals surface area contributed by atoms with Crippen LogP contribution in [0.5, 0.6) is 0 Å². The van der Waals surface area contributed by atoms with Crippen molar-refractivity contribution in [2.24, 2.45) is 0 Å². The van der Waals surface area contributed by atoms with Crippen LogP contribution in [0.3, 0.4) is 0 Å². The second kappa shape index (κ2) is 5.48. The standard InChI is InChI=1S/C15H20F2N2O/c1-9-4-10(2)6-12(5-9)11(3)19-14(20)13-7-15(16,17)8-18-13/h4-6,11,13,18H,7-8H2,1-3H3,(H,19,20). The first kappa shape index (κ1) is 14.9. The summed E-state index contributed by atoms with van der Waals surface area (Å²) < 4.78 is 26.2. The predicted molar refractivity (Wildman–Crippen MR) is 73.8 cm³/mol. The van der Waals surface area contributed by atoms with E-state index in [0.717, 1.165) is 16.7 Å². The predicted octanol–water partition coefficient (Wildman–Crippen LogP) is 2.48. The third kappa shape index (κ3) is 3.54. The minimum absolute atomic E-state index is 0.197. The van der Waals surface area contributed by atoms with Gasteiger partial charge in [0, 0.05) is 6.42 Å². The van der Waals surface area contributed by atoms with Crippen molar-refractivity contribution in [3.05, 3.63) is 34.9 Å². The van der Waals surface area contributed by atoms with Crippen LogP contribution in [0.1, 0.15) is 36.1 Å². The number of rotatable bonds is 3. The summed E-state index contributed by atoms with van der Waals surface area (Å²) in [5, 5.41) is 5.36. The van der Waals surface area contributed by atoms with Crippen molar-refractivity contribution in [3.63, 3.8) is 0 Å². The summed E-state index contributed by atoms with van der Waals surface area (Å²) in [7, 11) is 0. The van der Waals surface area contributed by atoms with Gasteiger partial charge in [-0.2, -0.15) is 0 Å². The van der Waals surface area contributed by atoms with E-state index in [1.165, 1.54) is 0 Å². The molecule has 110 valence electrons. The highest BCUT2D eigenvalue weighted by atomic mass is 19.3. The van der Waals surface area contributed by atoms with Gasteiger partial charge < -0.3 is 5.32 Å². The molecule has 1 aromatic rings. The van der Waals surface area contributed by atoms with Gasteiger partial charge in [0.1, 0.15) is 0 Å². The van der Waals surface area contributed by atoms with Crippen LogP contribution in [0.25, 0.3) is 0 Å². The molecular weight excluding hydrogens is 262 g/mol. The highest BCUT2D eigenvalue weighted by Gasteiger charge is 2.42. The summed E-state index contributed by atoms with van der Waals surface area (Å²) in [5.41, 5.74) is 3.22. The average Bonchev–Trinajstić information content (AvgIpc) is 2.68. The van der Waals surface area contributed by atoms with Crippen LogP contribution in [-0.2, 0) is 4.79 Å². The molecule has 1 aromatic carbocycles. The molecule has 0 aliphatic carbocycles. The first-order valence-electron chi connectivity index (χ1n) is 6.77. The normalized spacial score (nSPS) is 22.6. The molecule has 3 nitrogen and oxygen atoms in total. The summed E-state index contributed by atoms with van der Waals surface area (Å²) in [4.78, 5) is 12.0. The minimum atomic E-state index is -2.79. The lowest BCUT2D eigenvalue weighted by atomic mass is 10.0. The fourth-order valence-corrected chi connectivity index (χ4v) is 2.56. The molecule has 0 aromatic heterocycles. The zero-order valence-corrected chi connectivity index (χ0v) is 12.0. The first-order valence-corrected chi connectivity index (χ1v) is 6.77. The number of aryl methyl sites for hydroxylation is 2. The maximum Gasteiger partial charge on any atom is 0.262 e. The molecule has 2 atom stereocenters. The van der Waals surface area contributed by atoms with E-state index >= 15 is 0 Å². The van der Waals surface area contributed by atoms with Crippen molar-refractivity contribution in [2.45, 2.75) is 45.2 Å². The lowest BCUT2D eigenvalue weighted by molar-refractivity contribution is -0.124. The molecule has 1 saturated heterocycles. The van der Waals surface area contributed by atoms with E-state index in [4.69, 9.17) is 0 Å². The van der Waals surface area contributed by atoms with Crippen molar-refractivity contribution in [2.75, 3.05) is 6.54 Å². The van der Waals surface area contributed by atoms with Crippen LogP contribution in [0.4, 0.5) is 8.78 Å². The third-order valence-corrected chi connectivity index (χ3v) is 3.53. The highest BCUT2D eigenvalue weighted by Crippen LogP contribution is 2.25. The van der Waals surface area contributed by atoms with E-state index in [0.29, 0.717) is 0 Å². The summed E-state index contributed by atoms with van der Waals surface area (Å²) in [6.45, 7) is 5.41. The largest absolute Gasteiger partial charge is 0.348 e. The molecule has 2 rings (SSSR count). The van der Waals surface area contributed by atoms with E-state index in [1.54, 1.807) is 0 Å². The van der Waals surface area contributed by atoms with Crippen molar-refractivity contribution < 1.29 is 13.6 Å². The Morgan fingerprint density at radius 1 is 1.35 bits per heavy atom. The molecule has 1 aliphatic rings. The van der Waals surface area contributed by atoms with E-state index in [2.05, 4.69) is 16.7 Å². The Bertz CT molecular complexity index is 496. The zero-order valence-electron chi connectivity index (χ0n) is 12.0. The number of carbonyl (C=O) groups excluding carboxylic acids is 1. The second-order valence-electron chi connectivity index (χ2n) is 5.64. The molecule has 2 unspecified atom stereocenters. The minimum Gasteiger partial charge on any atom is -0.348 e. The van der Waals surface area contributed by atoms with Crippen molar-refractivity contribution in [1.82, 2.24) is 10.6 Å². The number of carbonyl (C=O) groups is 1. The quantitative estimate of drug-likeness (QED) is 0.894. The monoisotopic (exact) mass is 282 g/mol. The molecule has 0 saturated carbocycles. The van der Waals surface area contributed by atoms with Gasteiger partial charge in [-0.25, -0.2) is 8.78 Å². The van der Waals surface area contributed by atoms with Crippen molar-refractivity contribution >= 4 is 5.91 Å².